The normalized spacial score (nSPS) is 38.0. The fourth-order valence-electron chi connectivity index (χ4n) is 5.00. The van der Waals surface area contributed by atoms with Crippen molar-refractivity contribution in [3.63, 3.8) is 0 Å². The number of fused-ring (bicyclic) bond motifs is 1. The van der Waals surface area contributed by atoms with Crippen molar-refractivity contribution in [2.75, 3.05) is 25.4 Å². The number of thioether (sulfide) groups is 1. The molecule has 3 unspecified atom stereocenters. The molecular weight excluding hydrogens is 356 g/mol. The van der Waals surface area contributed by atoms with Crippen LogP contribution in [-0.4, -0.2) is 75.2 Å². The summed E-state index contributed by atoms with van der Waals surface area (Å²) in [4.78, 5) is 40.1. The number of nitrogens with zero attached hydrogens (tertiary/aromatic N) is 2. The van der Waals surface area contributed by atoms with Crippen LogP contribution in [0.3, 0.4) is 0 Å². The third-order valence-electron chi connectivity index (χ3n) is 6.50. The number of rotatable bonds is 3. The maximum absolute atomic E-state index is 13.0. The van der Waals surface area contributed by atoms with Crippen LogP contribution in [-0.2, 0) is 19.1 Å². The van der Waals surface area contributed by atoms with Crippen LogP contribution in [0.1, 0.15) is 39.0 Å². The zero-order chi connectivity index (χ0) is 18.5. The minimum absolute atomic E-state index is 0.0528. The minimum atomic E-state index is -0.777. The van der Waals surface area contributed by atoms with Crippen LogP contribution in [0.5, 0.6) is 0 Å². The van der Waals surface area contributed by atoms with Crippen molar-refractivity contribution in [1.82, 2.24) is 9.80 Å². The van der Waals surface area contributed by atoms with Crippen LogP contribution >= 0.6 is 11.8 Å². The van der Waals surface area contributed by atoms with Gasteiger partial charge in [-0.15, -0.1) is 11.8 Å². The van der Waals surface area contributed by atoms with E-state index in [1.165, 1.54) is 0 Å². The largest absolute Gasteiger partial charge is 0.481 e. The van der Waals surface area contributed by atoms with Crippen LogP contribution < -0.4 is 0 Å². The van der Waals surface area contributed by atoms with E-state index in [0.717, 1.165) is 19.3 Å². The first-order valence-corrected chi connectivity index (χ1v) is 10.5. The average molecular weight is 382 g/mol. The van der Waals surface area contributed by atoms with E-state index in [2.05, 4.69) is 6.92 Å². The number of carboxylic acids is 1. The van der Waals surface area contributed by atoms with Gasteiger partial charge in [0.2, 0.25) is 11.8 Å². The van der Waals surface area contributed by atoms with Gasteiger partial charge in [0, 0.05) is 31.9 Å². The standard InChI is InChI=1S/C18H26N2O5S/c1-18-6-2-14(21)20(18)13(10-26-18)16(22)19-7-3-11(4-8-19)15-12(17(23)24)5-9-25-15/h11-13,15H,2-10H2,1H3,(H,23,24)/t12?,13?,15-,18?/m0/s1. The first kappa shape index (κ1) is 18.1. The number of amides is 2. The molecule has 0 aromatic rings. The lowest BCUT2D eigenvalue weighted by molar-refractivity contribution is -0.147. The number of carboxylic acid groups (broad SMARTS) is 1. The van der Waals surface area contributed by atoms with Crippen molar-refractivity contribution < 1.29 is 24.2 Å². The Bertz CT molecular complexity index is 621. The molecule has 0 aromatic carbocycles. The van der Waals surface area contributed by atoms with Crippen molar-refractivity contribution in [3.05, 3.63) is 0 Å². The van der Waals surface area contributed by atoms with Gasteiger partial charge in [0.1, 0.15) is 6.04 Å². The summed E-state index contributed by atoms with van der Waals surface area (Å²) in [6.07, 6.45) is 3.24. The van der Waals surface area contributed by atoms with Crippen molar-refractivity contribution in [2.24, 2.45) is 11.8 Å². The van der Waals surface area contributed by atoms with E-state index < -0.39 is 11.9 Å². The Balaban J connectivity index is 1.37. The smallest absolute Gasteiger partial charge is 0.309 e. The van der Waals surface area contributed by atoms with Crippen LogP contribution in [0, 0.1) is 11.8 Å². The SMILES string of the molecule is CC12CCC(=O)N1C(C(=O)N1CCC([C@@H]3OCCC3C(=O)O)CC1)CS2. The molecule has 4 atom stereocenters. The third-order valence-corrected chi connectivity index (χ3v) is 8.00. The Labute approximate surface area is 157 Å². The number of piperidine rings is 1. The first-order valence-electron chi connectivity index (χ1n) is 9.50. The lowest BCUT2D eigenvalue weighted by Gasteiger charge is -2.38. The van der Waals surface area contributed by atoms with Crippen molar-refractivity contribution in [1.29, 1.82) is 0 Å². The zero-order valence-corrected chi connectivity index (χ0v) is 15.9. The fraction of sp³-hybridized carbons (Fsp3) is 0.833. The molecule has 8 heteroatoms. The molecule has 0 aliphatic carbocycles. The van der Waals surface area contributed by atoms with Gasteiger partial charge in [0.05, 0.1) is 16.9 Å². The van der Waals surface area contributed by atoms with E-state index in [-0.39, 0.29) is 34.7 Å². The highest BCUT2D eigenvalue weighted by Gasteiger charge is 2.54. The Hall–Kier alpha value is -1.28. The van der Waals surface area contributed by atoms with E-state index in [4.69, 9.17) is 4.74 Å². The summed E-state index contributed by atoms with van der Waals surface area (Å²) in [5.74, 6) is -0.184. The van der Waals surface area contributed by atoms with E-state index in [1.54, 1.807) is 11.8 Å². The molecule has 0 aromatic heterocycles. The molecule has 0 saturated carbocycles. The number of carbonyl (C=O) groups excluding carboxylic acids is 2. The predicted octanol–water partition coefficient (Wildman–Crippen LogP) is 1.17. The highest BCUT2D eigenvalue weighted by atomic mass is 32.2. The van der Waals surface area contributed by atoms with E-state index in [1.807, 2.05) is 9.80 Å². The van der Waals surface area contributed by atoms with Gasteiger partial charge in [-0.2, -0.15) is 0 Å². The highest BCUT2D eigenvalue weighted by Crippen LogP contribution is 2.47. The number of aliphatic carboxylic acids is 1. The van der Waals surface area contributed by atoms with Crippen LogP contribution in [0.2, 0.25) is 0 Å². The monoisotopic (exact) mass is 382 g/mol. The molecule has 4 aliphatic rings. The molecule has 0 spiro atoms. The van der Waals surface area contributed by atoms with Gasteiger partial charge in [-0.25, -0.2) is 0 Å². The molecule has 0 radical (unpaired) electrons. The first-order chi connectivity index (χ1) is 12.4. The molecule has 4 aliphatic heterocycles. The summed E-state index contributed by atoms with van der Waals surface area (Å²) in [5, 5.41) is 9.35. The van der Waals surface area contributed by atoms with Crippen molar-refractivity contribution in [3.8, 4) is 0 Å². The van der Waals surface area contributed by atoms with Gasteiger partial charge in [-0.3, -0.25) is 14.4 Å². The third kappa shape index (κ3) is 2.91. The van der Waals surface area contributed by atoms with Gasteiger partial charge in [0.25, 0.3) is 0 Å². The Morgan fingerprint density at radius 3 is 2.69 bits per heavy atom. The summed E-state index contributed by atoms with van der Waals surface area (Å²) >= 11 is 1.72. The molecule has 4 rings (SSSR count). The second kappa shape index (κ2) is 6.71. The number of ether oxygens (including phenoxy) is 1. The number of hydrogen-bond acceptors (Lipinski definition) is 5. The lowest BCUT2D eigenvalue weighted by atomic mass is 9.84. The Morgan fingerprint density at radius 2 is 2.00 bits per heavy atom. The fourth-order valence-corrected chi connectivity index (χ4v) is 6.43. The van der Waals surface area contributed by atoms with Gasteiger partial charge in [-0.05, 0) is 38.5 Å². The summed E-state index contributed by atoms with van der Waals surface area (Å²) in [6.45, 7) is 3.81. The van der Waals surface area contributed by atoms with Crippen LogP contribution in [0.4, 0.5) is 0 Å². The molecule has 4 saturated heterocycles. The predicted molar refractivity (Wildman–Crippen MR) is 95.5 cm³/mol. The van der Waals surface area contributed by atoms with Gasteiger partial charge < -0.3 is 19.6 Å². The number of hydrogen-bond donors (Lipinski definition) is 1. The second-order valence-corrected chi connectivity index (χ2v) is 9.50. The molecule has 2 amide bonds. The molecular formula is C18H26N2O5S. The quantitative estimate of drug-likeness (QED) is 0.788. The zero-order valence-electron chi connectivity index (χ0n) is 15.1. The Morgan fingerprint density at radius 1 is 1.27 bits per heavy atom. The summed E-state index contributed by atoms with van der Waals surface area (Å²) < 4.78 is 5.71. The summed E-state index contributed by atoms with van der Waals surface area (Å²) in [7, 11) is 0. The van der Waals surface area contributed by atoms with Crippen molar-refractivity contribution in [2.45, 2.75) is 56.0 Å². The molecule has 0 bridgehead atoms. The Kier molecular flexibility index (Phi) is 4.67. The molecule has 7 nitrogen and oxygen atoms in total. The second-order valence-electron chi connectivity index (χ2n) is 8.00. The molecule has 4 fully saturated rings. The molecule has 4 heterocycles. The van der Waals surface area contributed by atoms with E-state index in [0.29, 0.717) is 38.3 Å². The van der Waals surface area contributed by atoms with Gasteiger partial charge in [0.15, 0.2) is 0 Å². The van der Waals surface area contributed by atoms with E-state index >= 15 is 0 Å². The molecule has 1 N–H and O–H groups in total. The van der Waals surface area contributed by atoms with Gasteiger partial charge in [-0.1, -0.05) is 0 Å². The lowest BCUT2D eigenvalue weighted by Crippen LogP contribution is -2.53. The average Bonchev–Trinajstić information content (AvgIpc) is 3.30. The minimum Gasteiger partial charge on any atom is -0.481 e. The summed E-state index contributed by atoms with van der Waals surface area (Å²) in [5.41, 5.74) is 0. The van der Waals surface area contributed by atoms with Crippen LogP contribution in [0.15, 0.2) is 0 Å². The summed E-state index contributed by atoms with van der Waals surface area (Å²) in [6, 6.07) is -0.342. The number of likely N-dealkylation sites (tertiary alicyclic amines) is 1. The van der Waals surface area contributed by atoms with Gasteiger partial charge >= 0.3 is 5.97 Å². The topological polar surface area (TPSA) is 87.2 Å². The molecule has 26 heavy (non-hydrogen) atoms. The highest BCUT2D eigenvalue weighted by molar-refractivity contribution is 8.01. The maximum atomic E-state index is 13.0. The number of carbonyl (C=O) groups is 3. The van der Waals surface area contributed by atoms with Crippen molar-refractivity contribution >= 4 is 29.5 Å². The van der Waals surface area contributed by atoms with Crippen LogP contribution in [0.25, 0.3) is 0 Å². The van der Waals surface area contributed by atoms with E-state index in [9.17, 15) is 19.5 Å². The maximum Gasteiger partial charge on any atom is 0.309 e. The molecule has 144 valence electrons.